The van der Waals surface area contributed by atoms with Gasteiger partial charge in [-0.2, -0.15) is 0 Å². The molecule has 4 nitrogen and oxygen atoms in total. The lowest BCUT2D eigenvalue weighted by atomic mass is 9.95. The lowest BCUT2D eigenvalue weighted by Crippen LogP contribution is -2.09. The Morgan fingerprint density at radius 2 is 1.13 bits per heavy atom. The van der Waals surface area contributed by atoms with Crippen LogP contribution in [0.5, 0.6) is 11.5 Å². The van der Waals surface area contributed by atoms with E-state index in [1.165, 1.54) is 0 Å². The molecule has 5 rings (SSSR count). The van der Waals surface area contributed by atoms with E-state index < -0.39 is 5.97 Å². The highest BCUT2D eigenvalue weighted by molar-refractivity contribution is 7.19. The second-order valence-corrected chi connectivity index (χ2v) is 11.9. The lowest BCUT2D eigenvalue weighted by Gasteiger charge is -2.12. The van der Waals surface area contributed by atoms with Crippen LogP contribution in [-0.4, -0.2) is 24.3 Å². The van der Waals surface area contributed by atoms with E-state index >= 15 is 0 Å². The summed E-state index contributed by atoms with van der Waals surface area (Å²) in [6, 6.07) is 31.6. The van der Waals surface area contributed by atoms with E-state index in [0.29, 0.717) is 18.1 Å². The van der Waals surface area contributed by atoms with Gasteiger partial charge in [0.15, 0.2) is 6.61 Å². The van der Waals surface area contributed by atoms with Gasteiger partial charge in [0.05, 0.1) is 8.67 Å². The average molecular weight is 594 g/mol. The van der Waals surface area contributed by atoms with Gasteiger partial charge >= 0.3 is 5.97 Å². The van der Waals surface area contributed by atoms with E-state index in [2.05, 4.69) is 54.6 Å². The number of aliphatic carboxylic acids is 1. The molecular weight excluding hydrogens is 571 g/mol. The van der Waals surface area contributed by atoms with Gasteiger partial charge < -0.3 is 14.6 Å². The fourth-order valence-electron chi connectivity index (χ4n) is 3.97. The number of carboxylic acid groups (broad SMARTS) is 1. The van der Waals surface area contributed by atoms with Gasteiger partial charge in [0.1, 0.15) is 18.1 Å². The van der Waals surface area contributed by atoms with Crippen LogP contribution in [0.2, 0.25) is 8.67 Å². The molecule has 0 saturated heterocycles. The summed E-state index contributed by atoms with van der Waals surface area (Å²) in [6.07, 6.45) is 2.06. The normalized spacial score (nSPS) is 10.7. The van der Waals surface area contributed by atoms with Crippen LogP contribution < -0.4 is 9.47 Å². The van der Waals surface area contributed by atoms with Crippen molar-refractivity contribution < 1.29 is 19.4 Å². The third kappa shape index (κ3) is 7.11. The largest absolute Gasteiger partial charge is 0.490 e. The molecule has 2 aromatic heterocycles. The van der Waals surface area contributed by atoms with Crippen molar-refractivity contribution >= 4 is 57.4 Å². The van der Waals surface area contributed by atoms with Gasteiger partial charge in [0.2, 0.25) is 0 Å². The van der Waals surface area contributed by atoms with Crippen molar-refractivity contribution in [3.05, 3.63) is 123 Å². The maximum atomic E-state index is 10.7. The number of benzene rings is 3. The summed E-state index contributed by atoms with van der Waals surface area (Å²) in [4.78, 5) is 12.9. The zero-order valence-electron chi connectivity index (χ0n) is 20.5. The van der Waals surface area contributed by atoms with Crippen LogP contribution in [0.1, 0.15) is 11.1 Å². The van der Waals surface area contributed by atoms with Crippen molar-refractivity contribution in [2.45, 2.75) is 0 Å². The van der Waals surface area contributed by atoms with Gasteiger partial charge in [-0.1, -0.05) is 71.7 Å². The summed E-state index contributed by atoms with van der Waals surface area (Å²) in [6.45, 7) is -0.0435. The standard InChI is InChI=1S/C31H22Cl2O4S2/c32-29-15-13-27(38-29)22-5-1-20(2-6-22)26(21-3-7-23(8-4-21)28-14-16-30(33)39-28)17-18-36-24-9-11-25(12-10-24)37-19-31(34)35/h1-17H,18-19H2,(H,34,35). The Hall–Kier alpha value is -3.55. The van der Waals surface area contributed by atoms with E-state index in [-0.39, 0.29) is 6.61 Å². The van der Waals surface area contributed by atoms with E-state index in [1.807, 2.05) is 24.3 Å². The topological polar surface area (TPSA) is 55.8 Å². The molecule has 0 saturated carbocycles. The monoisotopic (exact) mass is 592 g/mol. The molecule has 0 bridgehead atoms. The summed E-state index contributed by atoms with van der Waals surface area (Å²) in [7, 11) is 0. The number of rotatable bonds is 10. The van der Waals surface area contributed by atoms with E-state index in [0.717, 1.165) is 46.3 Å². The Bertz CT molecular complexity index is 1500. The Labute approximate surface area is 244 Å². The molecule has 0 aliphatic heterocycles. The first-order chi connectivity index (χ1) is 18.9. The summed E-state index contributed by atoms with van der Waals surface area (Å²) >= 11 is 15.4. The first-order valence-electron chi connectivity index (χ1n) is 11.9. The Balaban J connectivity index is 1.38. The molecule has 0 amide bonds. The molecule has 5 aromatic rings. The third-order valence-electron chi connectivity index (χ3n) is 5.83. The molecular formula is C31H22Cl2O4S2. The lowest BCUT2D eigenvalue weighted by molar-refractivity contribution is -0.139. The predicted octanol–water partition coefficient (Wildman–Crippen LogP) is 9.42. The molecule has 8 heteroatoms. The van der Waals surface area contributed by atoms with Crippen LogP contribution in [0.4, 0.5) is 0 Å². The smallest absolute Gasteiger partial charge is 0.341 e. The summed E-state index contributed by atoms with van der Waals surface area (Å²) in [5.74, 6) is 0.107. The highest BCUT2D eigenvalue weighted by Gasteiger charge is 2.09. The minimum absolute atomic E-state index is 0.342. The third-order valence-corrected chi connectivity index (χ3v) is 8.39. The molecule has 0 spiro atoms. The van der Waals surface area contributed by atoms with Gasteiger partial charge in [-0.25, -0.2) is 4.79 Å². The van der Waals surface area contributed by atoms with Crippen molar-refractivity contribution in [1.29, 1.82) is 0 Å². The van der Waals surface area contributed by atoms with Gasteiger partial charge in [-0.15, -0.1) is 22.7 Å². The van der Waals surface area contributed by atoms with Crippen LogP contribution in [0.25, 0.3) is 26.5 Å². The molecule has 0 aliphatic carbocycles. The minimum Gasteiger partial charge on any atom is -0.490 e. The SMILES string of the molecule is O=C(O)COc1ccc(OCC=C(c2ccc(-c3ccc(Cl)s3)cc2)c2ccc(-c3ccc(Cl)s3)cc2)cc1. The summed E-state index contributed by atoms with van der Waals surface area (Å²) in [5, 5.41) is 8.77. The zero-order chi connectivity index (χ0) is 27.2. The van der Waals surface area contributed by atoms with Crippen molar-refractivity contribution in [3.63, 3.8) is 0 Å². The fourth-order valence-corrected chi connectivity index (χ4v) is 6.06. The van der Waals surface area contributed by atoms with E-state index in [1.54, 1.807) is 46.9 Å². The number of carbonyl (C=O) groups is 1. The Morgan fingerprint density at radius 3 is 1.54 bits per heavy atom. The molecule has 39 heavy (non-hydrogen) atoms. The van der Waals surface area contributed by atoms with E-state index in [4.69, 9.17) is 37.8 Å². The Morgan fingerprint density at radius 1 is 0.667 bits per heavy atom. The number of hydrogen-bond donors (Lipinski definition) is 1. The maximum absolute atomic E-state index is 10.7. The number of ether oxygens (including phenoxy) is 2. The van der Waals surface area contributed by atoms with Gasteiger partial charge in [-0.05, 0) is 82.4 Å². The maximum Gasteiger partial charge on any atom is 0.341 e. The first kappa shape index (κ1) is 27.0. The number of thiophene rings is 2. The van der Waals surface area contributed by atoms with Crippen LogP contribution >= 0.6 is 45.9 Å². The number of hydrogen-bond acceptors (Lipinski definition) is 5. The number of halogens is 2. The van der Waals surface area contributed by atoms with Crippen LogP contribution in [0.3, 0.4) is 0 Å². The molecule has 2 heterocycles. The molecule has 1 N–H and O–H groups in total. The fraction of sp³-hybridized carbons (Fsp3) is 0.0645. The van der Waals surface area contributed by atoms with Crippen molar-refractivity contribution in [2.24, 2.45) is 0 Å². The minimum atomic E-state index is -1.02. The van der Waals surface area contributed by atoms with Gasteiger partial charge in [0, 0.05) is 9.75 Å². The average Bonchev–Trinajstić information content (AvgIpc) is 3.59. The molecule has 0 atom stereocenters. The second-order valence-electron chi connectivity index (χ2n) is 8.44. The summed E-state index contributed by atoms with van der Waals surface area (Å²) < 4.78 is 12.7. The highest BCUT2D eigenvalue weighted by Crippen LogP contribution is 2.34. The predicted molar refractivity (Wildman–Crippen MR) is 162 cm³/mol. The molecule has 0 fully saturated rings. The highest BCUT2D eigenvalue weighted by atomic mass is 35.5. The Kier molecular flexibility index (Phi) is 8.69. The van der Waals surface area contributed by atoms with Crippen LogP contribution in [0, 0.1) is 0 Å². The van der Waals surface area contributed by atoms with Crippen LogP contribution in [-0.2, 0) is 4.79 Å². The van der Waals surface area contributed by atoms with Crippen molar-refractivity contribution in [3.8, 4) is 32.4 Å². The quantitative estimate of drug-likeness (QED) is 0.175. The van der Waals surface area contributed by atoms with Crippen molar-refractivity contribution in [2.75, 3.05) is 13.2 Å². The number of carboxylic acids is 1. The molecule has 0 radical (unpaired) electrons. The summed E-state index contributed by atoms with van der Waals surface area (Å²) in [5.41, 5.74) is 5.40. The molecule has 0 unspecified atom stereocenters. The molecule has 3 aromatic carbocycles. The zero-order valence-corrected chi connectivity index (χ0v) is 23.6. The molecule has 196 valence electrons. The first-order valence-corrected chi connectivity index (χ1v) is 14.3. The molecule has 0 aliphatic rings. The van der Waals surface area contributed by atoms with Crippen molar-refractivity contribution in [1.82, 2.24) is 0 Å². The van der Waals surface area contributed by atoms with Crippen LogP contribution in [0.15, 0.2) is 103 Å². The second kappa shape index (κ2) is 12.5. The van der Waals surface area contributed by atoms with Gasteiger partial charge in [-0.3, -0.25) is 0 Å². The van der Waals surface area contributed by atoms with Gasteiger partial charge in [0.25, 0.3) is 0 Å². The van der Waals surface area contributed by atoms with E-state index in [9.17, 15) is 4.79 Å².